The summed E-state index contributed by atoms with van der Waals surface area (Å²) < 4.78 is 1.14. The fraction of sp³-hybridized carbons (Fsp3) is 0.133. The van der Waals surface area contributed by atoms with Crippen LogP contribution in [0.1, 0.15) is 17.8 Å². The Morgan fingerprint density at radius 2 is 2.15 bits per heavy atom. The summed E-state index contributed by atoms with van der Waals surface area (Å²) >= 11 is 6.92. The first kappa shape index (κ1) is 13.8. The normalized spacial score (nSPS) is 12.3. The molecular weight excluding hydrogens is 352 g/mol. The Morgan fingerprint density at radius 1 is 1.25 bits per heavy atom. The third kappa shape index (κ3) is 3.11. The van der Waals surface area contributed by atoms with Crippen LogP contribution < -0.4 is 5.32 Å². The average Bonchev–Trinajstić information content (AvgIpc) is 3.10. The van der Waals surface area contributed by atoms with E-state index < -0.39 is 0 Å². The second-order valence-electron chi connectivity index (χ2n) is 4.45. The molecule has 5 heteroatoms. The minimum absolute atomic E-state index is 0.290. The summed E-state index contributed by atoms with van der Waals surface area (Å²) in [6.07, 6.45) is 1.84. The molecule has 1 N–H and O–H groups in total. The van der Waals surface area contributed by atoms with Gasteiger partial charge in [-0.05, 0) is 41.1 Å². The smallest absolute Gasteiger partial charge is 0.123 e. The lowest BCUT2D eigenvalue weighted by atomic mass is 10.2. The average molecular weight is 365 g/mol. The first-order valence-corrected chi connectivity index (χ1v) is 8.78. The number of benzene rings is 1. The van der Waals surface area contributed by atoms with Crippen molar-refractivity contribution in [3.63, 3.8) is 0 Å². The van der Waals surface area contributed by atoms with Crippen LogP contribution in [0.5, 0.6) is 0 Å². The maximum absolute atomic E-state index is 4.35. The Hall–Kier alpha value is -1.17. The zero-order valence-electron chi connectivity index (χ0n) is 10.8. The fourth-order valence-electron chi connectivity index (χ4n) is 1.98. The van der Waals surface area contributed by atoms with E-state index in [4.69, 9.17) is 0 Å². The molecule has 0 aliphatic rings. The largest absolute Gasteiger partial charge is 0.378 e. The number of rotatable bonds is 4. The van der Waals surface area contributed by atoms with Crippen LogP contribution in [0.15, 0.2) is 51.8 Å². The van der Waals surface area contributed by atoms with Gasteiger partial charge in [0.15, 0.2) is 0 Å². The van der Waals surface area contributed by atoms with E-state index in [0.717, 1.165) is 20.7 Å². The molecule has 3 aromatic rings. The predicted molar refractivity (Wildman–Crippen MR) is 91.6 cm³/mol. The summed E-state index contributed by atoms with van der Waals surface area (Å²) in [5.74, 6) is 0. The molecule has 0 radical (unpaired) electrons. The van der Waals surface area contributed by atoms with Gasteiger partial charge in [0.2, 0.25) is 0 Å². The zero-order valence-corrected chi connectivity index (χ0v) is 14.1. The molecule has 0 amide bonds. The number of anilines is 1. The molecule has 0 aliphatic carbocycles. The molecule has 0 saturated carbocycles. The Labute approximate surface area is 134 Å². The van der Waals surface area contributed by atoms with Gasteiger partial charge < -0.3 is 5.32 Å². The van der Waals surface area contributed by atoms with Crippen LogP contribution in [0, 0.1) is 0 Å². The van der Waals surface area contributed by atoms with E-state index in [0.29, 0.717) is 0 Å². The van der Waals surface area contributed by atoms with Crippen molar-refractivity contribution in [3.05, 3.63) is 56.6 Å². The van der Waals surface area contributed by atoms with Crippen molar-refractivity contribution in [2.75, 3.05) is 5.32 Å². The summed E-state index contributed by atoms with van der Waals surface area (Å²) in [5.41, 5.74) is 2.28. The number of nitrogens with zero attached hydrogens (tertiary/aromatic N) is 1. The lowest BCUT2D eigenvalue weighted by Gasteiger charge is -2.14. The molecule has 1 aromatic carbocycles. The molecule has 102 valence electrons. The lowest BCUT2D eigenvalue weighted by molar-refractivity contribution is 0.908. The van der Waals surface area contributed by atoms with Crippen molar-refractivity contribution >= 4 is 44.3 Å². The second-order valence-corrected chi connectivity index (χ2v) is 7.20. The molecule has 2 aromatic heterocycles. The van der Waals surface area contributed by atoms with Crippen LogP contribution in [0.4, 0.5) is 5.69 Å². The second kappa shape index (κ2) is 6.08. The van der Waals surface area contributed by atoms with Crippen LogP contribution in [0.25, 0.3) is 10.6 Å². The third-order valence-electron chi connectivity index (χ3n) is 2.94. The van der Waals surface area contributed by atoms with Gasteiger partial charge in [0.05, 0.1) is 6.04 Å². The van der Waals surface area contributed by atoms with Crippen LogP contribution >= 0.6 is 38.6 Å². The highest BCUT2D eigenvalue weighted by atomic mass is 79.9. The van der Waals surface area contributed by atoms with Gasteiger partial charge in [0.1, 0.15) is 5.01 Å². The highest BCUT2D eigenvalue weighted by molar-refractivity contribution is 9.10. The Balaban J connectivity index is 1.79. The molecule has 0 aliphatic heterocycles. The zero-order chi connectivity index (χ0) is 13.9. The van der Waals surface area contributed by atoms with Crippen molar-refractivity contribution in [1.29, 1.82) is 0 Å². The summed E-state index contributed by atoms with van der Waals surface area (Å²) in [5, 5.41) is 8.71. The van der Waals surface area contributed by atoms with Crippen LogP contribution in [-0.4, -0.2) is 4.98 Å². The maximum atomic E-state index is 4.35. The van der Waals surface area contributed by atoms with Gasteiger partial charge in [0.25, 0.3) is 0 Å². The van der Waals surface area contributed by atoms with Crippen molar-refractivity contribution in [2.45, 2.75) is 13.0 Å². The summed E-state index contributed by atoms with van der Waals surface area (Å²) in [7, 11) is 0. The SMILES string of the molecule is CC(Nc1cccc(-c2nccs2)c1)c1cc(Br)cs1. The molecule has 3 rings (SSSR count). The van der Waals surface area contributed by atoms with Crippen LogP contribution in [0.3, 0.4) is 0 Å². The quantitative estimate of drug-likeness (QED) is 0.631. The minimum Gasteiger partial charge on any atom is -0.378 e. The lowest BCUT2D eigenvalue weighted by Crippen LogP contribution is -2.04. The van der Waals surface area contributed by atoms with Crippen LogP contribution in [0.2, 0.25) is 0 Å². The molecule has 0 saturated heterocycles. The number of aromatic nitrogens is 1. The Morgan fingerprint density at radius 3 is 2.85 bits per heavy atom. The molecule has 0 fully saturated rings. The predicted octanol–water partition coefficient (Wildman–Crippen LogP) is 5.81. The summed E-state index contributed by atoms with van der Waals surface area (Å²) in [4.78, 5) is 5.67. The maximum Gasteiger partial charge on any atom is 0.123 e. The summed E-state index contributed by atoms with van der Waals surface area (Å²) in [6, 6.07) is 10.9. The third-order valence-corrected chi connectivity index (χ3v) is 5.64. The van der Waals surface area contributed by atoms with Gasteiger partial charge in [-0.15, -0.1) is 22.7 Å². The number of thiophene rings is 1. The highest BCUT2D eigenvalue weighted by Gasteiger charge is 2.09. The molecule has 2 heterocycles. The highest BCUT2D eigenvalue weighted by Crippen LogP contribution is 2.30. The van der Waals surface area contributed by atoms with Gasteiger partial charge >= 0.3 is 0 Å². The first-order chi connectivity index (χ1) is 9.72. The standard InChI is InChI=1S/C15H13BrN2S2/c1-10(14-8-12(16)9-20-14)18-13-4-2-3-11(7-13)15-17-5-6-19-15/h2-10,18H,1H3. The van der Waals surface area contributed by atoms with Crippen molar-refractivity contribution in [2.24, 2.45) is 0 Å². The molecule has 20 heavy (non-hydrogen) atoms. The van der Waals surface area contributed by atoms with E-state index in [1.165, 1.54) is 4.88 Å². The van der Waals surface area contributed by atoms with E-state index in [9.17, 15) is 0 Å². The number of halogens is 1. The Bertz CT molecular complexity index is 691. The van der Waals surface area contributed by atoms with E-state index in [1.54, 1.807) is 22.7 Å². The molecule has 0 bridgehead atoms. The number of nitrogens with one attached hydrogen (secondary N) is 1. The van der Waals surface area contributed by atoms with Gasteiger partial charge in [0, 0.05) is 37.6 Å². The number of thiazole rings is 1. The first-order valence-electron chi connectivity index (χ1n) is 6.23. The van der Waals surface area contributed by atoms with Crippen molar-refractivity contribution in [1.82, 2.24) is 4.98 Å². The topological polar surface area (TPSA) is 24.9 Å². The summed E-state index contributed by atoms with van der Waals surface area (Å²) in [6.45, 7) is 2.17. The van der Waals surface area contributed by atoms with Crippen molar-refractivity contribution in [3.8, 4) is 10.6 Å². The van der Waals surface area contributed by atoms with Crippen LogP contribution in [-0.2, 0) is 0 Å². The van der Waals surface area contributed by atoms with Crippen molar-refractivity contribution < 1.29 is 0 Å². The molecule has 2 nitrogen and oxygen atoms in total. The molecular formula is C15H13BrN2S2. The molecule has 1 atom stereocenters. The van der Waals surface area contributed by atoms with Gasteiger partial charge in [-0.2, -0.15) is 0 Å². The van der Waals surface area contributed by atoms with Gasteiger partial charge in [-0.1, -0.05) is 12.1 Å². The number of hydrogen-bond acceptors (Lipinski definition) is 4. The molecule has 1 unspecified atom stereocenters. The Kier molecular flexibility index (Phi) is 4.19. The van der Waals surface area contributed by atoms with Gasteiger partial charge in [-0.25, -0.2) is 4.98 Å². The van der Waals surface area contributed by atoms with E-state index >= 15 is 0 Å². The monoisotopic (exact) mass is 364 g/mol. The van der Waals surface area contributed by atoms with E-state index in [-0.39, 0.29) is 6.04 Å². The van der Waals surface area contributed by atoms with E-state index in [2.05, 4.69) is 68.9 Å². The van der Waals surface area contributed by atoms with E-state index in [1.807, 2.05) is 11.6 Å². The molecule has 0 spiro atoms. The number of hydrogen-bond donors (Lipinski definition) is 1. The minimum atomic E-state index is 0.290. The fourth-order valence-corrected chi connectivity index (χ4v) is 4.07. The van der Waals surface area contributed by atoms with Gasteiger partial charge in [-0.3, -0.25) is 0 Å².